The van der Waals surface area contributed by atoms with Crippen molar-refractivity contribution in [3.63, 3.8) is 0 Å². The van der Waals surface area contributed by atoms with Crippen LogP contribution in [0, 0.1) is 0 Å². The molecule has 136 valence electrons. The summed E-state index contributed by atoms with van der Waals surface area (Å²) in [6, 6.07) is 0.734. The zero-order valence-corrected chi connectivity index (χ0v) is 14.9. The molecule has 1 unspecified atom stereocenters. The van der Waals surface area contributed by atoms with Crippen LogP contribution in [0.4, 0.5) is 0 Å². The van der Waals surface area contributed by atoms with Crippen LogP contribution in [0.2, 0.25) is 0 Å². The molecule has 0 radical (unpaired) electrons. The average Bonchev–Trinajstić information content (AvgIpc) is 3.39. The van der Waals surface area contributed by atoms with E-state index in [2.05, 4.69) is 20.4 Å². The molecule has 6 nitrogen and oxygen atoms in total. The number of amides is 2. The Morgan fingerprint density at radius 1 is 0.917 bits per heavy atom. The number of rotatable bonds is 6. The van der Waals surface area contributed by atoms with Crippen LogP contribution >= 0.6 is 0 Å². The van der Waals surface area contributed by atoms with E-state index in [1.165, 1.54) is 19.3 Å². The van der Waals surface area contributed by atoms with E-state index < -0.39 is 0 Å². The van der Waals surface area contributed by atoms with Crippen molar-refractivity contribution in [2.24, 2.45) is 0 Å². The molecule has 2 N–H and O–H groups in total. The highest BCUT2D eigenvalue weighted by Gasteiger charge is 2.29. The van der Waals surface area contributed by atoms with E-state index in [0.29, 0.717) is 18.6 Å². The third kappa shape index (κ3) is 5.18. The standard InChI is InChI=1S/C18H32N4O2/c1-14(18(24)20-15-5-3-2-4-6-15)22-11-9-21(10-12-22)13-17(23)19-16-7-8-16/h14-16H,2-13H2,1H3,(H,19,23)(H,20,24). The van der Waals surface area contributed by atoms with Crippen LogP contribution in [-0.2, 0) is 9.59 Å². The molecule has 0 spiro atoms. The van der Waals surface area contributed by atoms with E-state index in [4.69, 9.17) is 0 Å². The molecule has 1 aliphatic heterocycles. The van der Waals surface area contributed by atoms with E-state index in [1.807, 2.05) is 6.92 Å². The number of hydrogen-bond acceptors (Lipinski definition) is 4. The molecule has 1 heterocycles. The highest BCUT2D eigenvalue weighted by atomic mass is 16.2. The number of piperazine rings is 1. The van der Waals surface area contributed by atoms with Crippen molar-refractivity contribution in [1.29, 1.82) is 0 Å². The summed E-state index contributed by atoms with van der Waals surface area (Å²) in [7, 11) is 0. The molecule has 0 bridgehead atoms. The normalized spacial score (nSPS) is 25.2. The molecule has 2 saturated carbocycles. The maximum absolute atomic E-state index is 12.5. The third-order valence-electron chi connectivity index (χ3n) is 5.60. The summed E-state index contributed by atoms with van der Waals surface area (Å²) >= 11 is 0. The lowest BCUT2D eigenvalue weighted by Crippen LogP contribution is -2.56. The van der Waals surface area contributed by atoms with Gasteiger partial charge in [-0.1, -0.05) is 19.3 Å². The topological polar surface area (TPSA) is 64.7 Å². The van der Waals surface area contributed by atoms with Crippen LogP contribution in [0.5, 0.6) is 0 Å². The molecule has 0 aromatic heterocycles. The van der Waals surface area contributed by atoms with E-state index in [9.17, 15) is 9.59 Å². The van der Waals surface area contributed by atoms with Crippen molar-refractivity contribution in [3.8, 4) is 0 Å². The lowest BCUT2D eigenvalue weighted by atomic mass is 9.95. The summed E-state index contributed by atoms with van der Waals surface area (Å²) in [5.74, 6) is 0.316. The molecule has 3 aliphatic rings. The SMILES string of the molecule is CC(C(=O)NC1CCCCC1)N1CCN(CC(=O)NC2CC2)CC1. The Kier molecular flexibility index (Phi) is 6.11. The van der Waals surface area contributed by atoms with Gasteiger partial charge in [0.2, 0.25) is 11.8 Å². The first-order valence-corrected chi connectivity index (χ1v) is 9.68. The highest BCUT2D eigenvalue weighted by Crippen LogP contribution is 2.19. The minimum atomic E-state index is -0.0747. The monoisotopic (exact) mass is 336 g/mol. The highest BCUT2D eigenvalue weighted by molar-refractivity contribution is 5.81. The van der Waals surface area contributed by atoms with Crippen LogP contribution in [-0.4, -0.2) is 72.5 Å². The molecule has 2 aliphatic carbocycles. The van der Waals surface area contributed by atoms with Crippen molar-refractivity contribution in [2.45, 2.75) is 70.0 Å². The van der Waals surface area contributed by atoms with Gasteiger partial charge in [0.05, 0.1) is 12.6 Å². The fraction of sp³-hybridized carbons (Fsp3) is 0.889. The van der Waals surface area contributed by atoms with Gasteiger partial charge in [-0.05, 0) is 32.6 Å². The van der Waals surface area contributed by atoms with E-state index in [-0.39, 0.29) is 17.9 Å². The van der Waals surface area contributed by atoms with Gasteiger partial charge in [-0.3, -0.25) is 19.4 Å². The minimum absolute atomic E-state index is 0.0747. The number of nitrogens with zero attached hydrogens (tertiary/aromatic N) is 2. The van der Waals surface area contributed by atoms with Crippen LogP contribution in [0.15, 0.2) is 0 Å². The number of carbonyl (C=O) groups excluding carboxylic acids is 2. The minimum Gasteiger partial charge on any atom is -0.352 e. The fourth-order valence-electron chi connectivity index (χ4n) is 3.75. The quantitative estimate of drug-likeness (QED) is 0.750. The largest absolute Gasteiger partial charge is 0.352 e. The second-order valence-electron chi connectivity index (χ2n) is 7.67. The Labute approximate surface area is 145 Å². The van der Waals surface area contributed by atoms with Gasteiger partial charge in [0, 0.05) is 38.3 Å². The molecule has 3 fully saturated rings. The lowest BCUT2D eigenvalue weighted by molar-refractivity contribution is -0.128. The van der Waals surface area contributed by atoms with Gasteiger partial charge in [0.1, 0.15) is 0 Å². The Morgan fingerprint density at radius 3 is 2.17 bits per heavy atom. The molecule has 1 atom stereocenters. The smallest absolute Gasteiger partial charge is 0.237 e. The van der Waals surface area contributed by atoms with Crippen molar-refractivity contribution in [2.75, 3.05) is 32.7 Å². The van der Waals surface area contributed by atoms with Gasteiger partial charge in [-0.15, -0.1) is 0 Å². The third-order valence-corrected chi connectivity index (χ3v) is 5.60. The molecule has 6 heteroatoms. The number of carbonyl (C=O) groups is 2. The zero-order chi connectivity index (χ0) is 16.9. The number of nitrogens with one attached hydrogen (secondary N) is 2. The number of hydrogen-bond donors (Lipinski definition) is 2. The molecular weight excluding hydrogens is 304 g/mol. The average molecular weight is 336 g/mol. The summed E-state index contributed by atoms with van der Waals surface area (Å²) in [4.78, 5) is 28.8. The summed E-state index contributed by atoms with van der Waals surface area (Å²) in [6.45, 7) is 5.94. The molecule has 2 amide bonds. The summed E-state index contributed by atoms with van der Waals surface area (Å²) < 4.78 is 0. The predicted molar refractivity (Wildman–Crippen MR) is 93.7 cm³/mol. The first kappa shape index (κ1) is 17.7. The Bertz CT molecular complexity index is 438. The molecule has 0 aromatic rings. The van der Waals surface area contributed by atoms with E-state index in [1.54, 1.807) is 0 Å². The molecular formula is C18H32N4O2. The molecule has 0 aromatic carbocycles. The first-order chi connectivity index (χ1) is 11.6. The summed E-state index contributed by atoms with van der Waals surface area (Å²) in [5.41, 5.74) is 0. The van der Waals surface area contributed by atoms with Crippen LogP contribution in [0.25, 0.3) is 0 Å². The summed E-state index contributed by atoms with van der Waals surface area (Å²) in [6.07, 6.45) is 8.30. The van der Waals surface area contributed by atoms with Crippen molar-refractivity contribution < 1.29 is 9.59 Å². The maximum Gasteiger partial charge on any atom is 0.237 e. The van der Waals surface area contributed by atoms with E-state index >= 15 is 0 Å². The second-order valence-corrected chi connectivity index (χ2v) is 7.67. The predicted octanol–water partition coefficient (Wildman–Crippen LogP) is 0.720. The summed E-state index contributed by atoms with van der Waals surface area (Å²) in [5, 5.41) is 6.27. The van der Waals surface area contributed by atoms with Crippen molar-refractivity contribution in [3.05, 3.63) is 0 Å². The Balaban J connectivity index is 1.36. The van der Waals surface area contributed by atoms with Gasteiger partial charge in [0.15, 0.2) is 0 Å². The van der Waals surface area contributed by atoms with Gasteiger partial charge in [-0.25, -0.2) is 0 Å². The molecule has 24 heavy (non-hydrogen) atoms. The Hall–Kier alpha value is -1.14. The van der Waals surface area contributed by atoms with Crippen LogP contribution < -0.4 is 10.6 Å². The first-order valence-electron chi connectivity index (χ1n) is 9.68. The van der Waals surface area contributed by atoms with Crippen molar-refractivity contribution in [1.82, 2.24) is 20.4 Å². The lowest BCUT2D eigenvalue weighted by Gasteiger charge is -2.37. The Morgan fingerprint density at radius 2 is 1.54 bits per heavy atom. The van der Waals surface area contributed by atoms with Crippen LogP contribution in [0.3, 0.4) is 0 Å². The van der Waals surface area contributed by atoms with Gasteiger partial charge in [0.25, 0.3) is 0 Å². The van der Waals surface area contributed by atoms with E-state index in [0.717, 1.165) is 51.9 Å². The maximum atomic E-state index is 12.5. The van der Waals surface area contributed by atoms with Gasteiger partial charge >= 0.3 is 0 Å². The van der Waals surface area contributed by atoms with Crippen molar-refractivity contribution >= 4 is 11.8 Å². The zero-order valence-electron chi connectivity index (χ0n) is 14.9. The molecule has 3 rings (SSSR count). The molecule has 1 saturated heterocycles. The fourth-order valence-corrected chi connectivity index (χ4v) is 3.75. The van der Waals surface area contributed by atoms with Gasteiger partial charge < -0.3 is 10.6 Å². The van der Waals surface area contributed by atoms with Gasteiger partial charge in [-0.2, -0.15) is 0 Å². The second kappa shape index (κ2) is 8.30. The van der Waals surface area contributed by atoms with Crippen LogP contribution in [0.1, 0.15) is 51.9 Å².